The largest absolute Gasteiger partial charge is 0.382 e. The van der Waals surface area contributed by atoms with Crippen molar-refractivity contribution in [2.75, 3.05) is 11.9 Å². The van der Waals surface area contributed by atoms with Crippen molar-refractivity contribution in [3.63, 3.8) is 0 Å². The van der Waals surface area contributed by atoms with Crippen LogP contribution in [0.15, 0.2) is 24.3 Å². The molecule has 1 amide bonds. The molecule has 0 aromatic heterocycles. The number of nitrogens with two attached hydrogens (primary N) is 1. The SMILES string of the molecule is CCC(=O)c1ccc(NCC(O)C(N)=O)cc1. The van der Waals surface area contributed by atoms with Gasteiger partial charge in [-0.2, -0.15) is 0 Å². The van der Waals surface area contributed by atoms with Crippen LogP contribution in [0.25, 0.3) is 0 Å². The van der Waals surface area contributed by atoms with E-state index in [4.69, 9.17) is 5.73 Å². The van der Waals surface area contributed by atoms with Crippen molar-refractivity contribution in [3.8, 4) is 0 Å². The Bertz CT molecular complexity index is 401. The second kappa shape index (κ2) is 6.00. The van der Waals surface area contributed by atoms with Gasteiger partial charge in [-0.05, 0) is 24.3 Å². The average molecular weight is 236 g/mol. The number of aliphatic hydroxyl groups is 1. The predicted octanol–water partition coefficient (Wildman–Crippen LogP) is 0.537. The maximum atomic E-state index is 11.4. The molecule has 4 N–H and O–H groups in total. The standard InChI is InChI=1S/C12H16N2O3/c1-2-10(15)8-3-5-9(6-4-8)14-7-11(16)12(13)17/h3-6,11,14,16H,2,7H2,1H3,(H2,13,17). The molecule has 0 aliphatic rings. The van der Waals surface area contributed by atoms with Gasteiger partial charge in [-0.1, -0.05) is 6.92 Å². The Hall–Kier alpha value is -1.88. The smallest absolute Gasteiger partial charge is 0.248 e. The van der Waals surface area contributed by atoms with Crippen LogP contribution in [-0.4, -0.2) is 29.4 Å². The minimum absolute atomic E-state index is 0.0520. The van der Waals surface area contributed by atoms with Gasteiger partial charge >= 0.3 is 0 Å². The van der Waals surface area contributed by atoms with Gasteiger partial charge in [-0.15, -0.1) is 0 Å². The van der Waals surface area contributed by atoms with Crippen LogP contribution in [0.5, 0.6) is 0 Å². The monoisotopic (exact) mass is 236 g/mol. The highest BCUT2D eigenvalue weighted by molar-refractivity contribution is 5.96. The van der Waals surface area contributed by atoms with E-state index in [2.05, 4.69) is 5.32 Å². The van der Waals surface area contributed by atoms with Gasteiger partial charge in [-0.25, -0.2) is 0 Å². The molecule has 0 fully saturated rings. The van der Waals surface area contributed by atoms with Crippen LogP contribution in [0, 0.1) is 0 Å². The third kappa shape index (κ3) is 3.88. The van der Waals surface area contributed by atoms with Gasteiger partial charge in [-0.3, -0.25) is 9.59 Å². The molecule has 0 aliphatic carbocycles. The summed E-state index contributed by atoms with van der Waals surface area (Å²) in [6.07, 6.45) is -0.750. The van der Waals surface area contributed by atoms with Crippen molar-refractivity contribution in [1.82, 2.24) is 0 Å². The van der Waals surface area contributed by atoms with E-state index in [9.17, 15) is 14.7 Å². The minimum atomic E-state index is -1.22. The lowest BCUT2D eigenvalue weighted by Crippen LogP contribution is -2.34. The molecule has 0 radical (unpaired) electrons. The van der Waals surface area contributed by atoms with Gasteiger partial charge in [0.05, 0.1) is 0 Å². The number of aliphatic hydroxyl groups excluding tert-OH is 1. The Labute approximate surface area is 99.6 Å². The Morgan fingerprint density at radius 2 is 1.94 bits per heavy atom. The topological polar surface area (TPSA) is 92.4 Å². The first-order valence-electron chi connectivity index (χ1n) is 5.39. The van der Waals surface area contributed by atoms with Crippen LogP contribution in [-0.2, 0) is 4.79 Å². The number of anilines is 1. The second-order valence-corrected chi connectivity index (χ2v) is 3.65. The maximum absolute atomic E-state index is 11.4. The number of ketones is 1. The molecule has 0 spiro atoms. The average Bonchev–Trinajstić information content (AvgIpc) is 2.35. The van der Waals surface area contributed by atoms with Gasteiger partial charge in [0.2, 0.25) is 5.91 Å². The normalized spacial score (nSPS) is 11.9. The summed E-state index contributed by atoms with van der Waals surface area (Å²) in [6, 6.07) is 6.84. The molecule has 0 aliphatic heterocycles. The lowest BCUT2D eigenvalue weighted by Gasteiger charge is -2.09. The molecule has 0 heterocycles. The Balaban J connectivity index is 2.57. The Kier molecular flexibility index (Phi) is 4.66. The van der Waals surface area contributed by atoms with Crippen molar-refractivity contribution in [1.29, 1.82) is 0 Å². The van der Waals surface area contributed by atoms with Crippen molar-refractivity contribution < 1.29 is 14.7 Å². The molecule has 1 aromatic carbocycles. The lowest BCUT2D eigenvalue weighted by atomic mass is 10.1. The summed E-state index contributed by atoms with van der Waals surface area (Å²) >= 11 is 0. The fourth-order valence-corrected chi connectivity index (χ4v) is 1.29. The fraction of sp³-hybridized carbons (Fsp3) is 0.333. The molecular formula is C12H16N2O3. The summed E-state index contributed by atoms with van der Waals surface area (Å²) in [4.78, 5) is 21.9. The third-order valence-corrected chi connectivity index (χ3v) is 2.36. The van der Waals surface area contributed by atoms with Gasteiger partial charge in [0.1, 0.15) is 6.10 Å². The first kappa shape index (κ1) is 13.2. The van der Waals surface area contributed by atoms with Crippen molar-refractivity contribution in [2.45, 2.75) is 19.4 Å². The number of hydrogen-bond acceptors (Lipinski definition) is 4. The summed E-state index contributed by atoms with van der Waals surface area (Å²) < 4.78 is 0. The Morgan fingerprint density at radius 1 is 1.35 bits per heavy atom. The lowest BCUT2D eigenvalue weighted by molar-refractivity contribution is -0.125. The van der Waals surface area contributed by atoms with Gasteiger partial charge < -0.3 is 16.2 Å². The van der Waals surface area contributed by atoms with Crippen LogP contribution >= 0.6 is 0 Å². The summed E-state index contributed by atoms with van der Waals surface area (Å²) in [7, 11) is 0. The maximum Gasteiger partial charge on any atom is 0.248 e. The third-order valence-electron chi connectivity index (χ3n) is 2.36. The van der Waals surface area contributed by atoms with Gasteiger partial charge in [0.15, 0.2) is 5.78 Å². The van der Waals surface area contributed by atoms with Gasteiger partial charge in [0.25, 0.3) is 0 Å². The highest BCUT2D eigenvalue weighted by Crippen LogP contribution is 2.11. The van der Waals surface area contributed by atoms with Gasteiger partial charge in [0, 0.05) is 24.2 Å². The number of amides is 1. The molecule has 1 rings (SSSR count). The van der Waals surface area contributed by atoms with Crippen molar-refractivity contribution in [2.24, 2.45) is 5.73 Å². The molecule has 0 saturated heterocycles. The van der Waals surface area contributed by atoms with E-state index in [0.29, 0.717) is 12.0 Å². The summed E-state index contributed by atoms with van der Waals surface area (Å²) in [6.45, 7) is 1.86. The number of nitrogens with one attached hydrogen (secondary N) is 1. The van der Waals surface area contributed by atoms with Crippen LogP contribution < -0.4 is 11.1 Å². The number of carbonyl (C=O) groups is 2. The van der Waals surface area contributed by atoms with E-state index < -0.39 is 12.0 Å². The summed E-state index contributed by atoms with van der Waals surface area (Å²) in [5, 5.41) is 12.0. The number of benzene rings is 1. The molecule has 5 nitrogen and oxygen atoms in total. The number of hydrogen-bond donors (Lipinski definition) is 3. The van der Waals surface area contributed by atoms with Crippen molar-refractivity contribution >= 4 is 17.4 Å². The van der Waals surface area contributed by atoms with E-state index in [1.54, 1.807) is 31.2 Å². The highest BCUT2D eigenvalue weighted by atomic mass is 16.3. The van der Waals surface area contributed by atoms with Crippen molar-refractivity contribution in [3.05, 3.63) is 29.8 Å². The van der Waals surface area contributed by atoms with E-state index in [-0.39, 0.29) is 12.3 Å². The number of rotatable bonds is 6. The fourth-order valence-electron chi connectivity index (χ4n) is 1.29. The minimum Gasteiger partial charge on any atom is -0.382 e. The molecule has 0 bridgehead atoms. The molecule has 17 heavy (non-hydrogen) atoms. The number of carbonyl (C=O) groups excluding carboxylic acids is 2. The van der Waals surface area contributed by atoms with Crippen LogP contribution in [0.2, 0.25) is 0 Å². The van der Waals surface area contributed by atoms with E-state index in [1.165, 1.54) is 0 Å². The van der Waals surface area contributed by atoms with Crippen LogP contribution in [0.3, 0.4) is 0 Å². The molecule has 1 atom stereocenters. The summed E-state index contributed by atoms with van der Waals surface area (Å²) in [5.41, 5.74) is 6.28. The van der Waals surface area contributed by atoms with Crippen LogP contribution in [0.1, 0.15) is 23.7 Å². The molecule has 1 aromatic rings. The molecule has 92 valence electrons. The molecule has 0 saturated carbocycles. The molecule has 5 heteroatoms. The zero-order valence-corrected chi connectivity index (χ0v) is 9.64. The first-order chi connectivity index (χ1) is 8.04. The van der Waals surface area contributed by atoms with E-state index in [1.807, 2.05) is 0 Å². The molecular weight excluding hydrogens is 220 g/mol. The van der Waals surface area contributed by atoms with Crippen LogP contribution in [0.4, 0.5) is 5.69 Å². The van der Waals surface area contributed by atoms with E-state index in [0.717, 1.165) is 5.69 Å². The summed E-state index contributed by atoms with van der Waals surface area (Å²) in [5.74, 6) is -0.691. The highest BCUT2D eigenvalue weighted by Gasteiger charge is 2.09. The second-order valence-electron chi connectivity index (χ2n) is 3.65. The van der Waals surface area contributed by atoms with E-state index >= 15 is 0 Å². The Morgan fingerprint density at radius 3 is 2.41 bits per heavy atom. The predicted molar refractivity (Wildman–Crippen MR) is 64.8 cm³/mol. The molecule has 1 unspecified atom stereocenters. The zero-order valence-electron chi connectivity index (χ0n) is 9.64. The number of primary amides is 1. The quantitative estimate of drug-likeness (QED) is 0.628. The first-order valence-corrected chi connectivity index (χ1v) is 5.39. The number of Topliss-reactive ketones (excluding diaryl/α,β-unsaturated/α-hetero) is 1. The zero-order chi connectivity index (χ0) is 12.8.